The molecule has 3 rings (SSSR count). The second kappa shape index (κ2) is 6.91. The summed E-state index contributed by atoms with van der Waals surface area (Å²) in [5, 5.41) is 3.57. The highest BCUT2D eigenvalue weighted by Gasteiger charge is 2.12. The normalized spacial score (nSPS) is 11.3. The zero-order chi connectivity index (χ0) is 18.0. The van der Waals surface area contributed by atoms with Gasteiger partial charge in [-0.3, -0.25) is 10.1 Å². The molecule has 3 aromatic rings. The summed E-state index contributed by atoms with van der Waals surface area (Å²) in [6, 6.07) is 12.7. The van der Waals surface area contributed by atoms with Crippen LogP contribution in [0.15, 0.2) is 53.4 Å². The van der Waals surface area contributed by atoms with E-state index in [0.717, 1.165) is 17.8 Å². The molecule has 0 spiro atoms. The minimum Gasteiger partial charge on any atom is -0.297 e. The van der Waals surface area contributed by atoms with Gasteiger partial charge in [-0.1, -0.05) is 11.6 Å². The Hall–Kier alpha value is -2.29. The molecule has 0 saturated heterocycles. The lowest BCUT2D eigenvalue weighted by atomic mass is 10.2. The fraction of sp³-hybridized carbons (Fsp3) is 0.0625. The summed E-state index contributed by atoms with van der Waals surface area (Å²) in [6.07, 6.45) is 1.15. The Morgan fingerprint density at radius 2 is 1.72 bits per heavy atom. The zero-order valence-electron chi connectivity index (χ0n) is 12.9. The molecule has 0 radical (unpaired) electrons. The molecule has 0 saturated carbocycles. The van der Waals surface area contributed by atoms with Gasteiger partial charge < -0.3 is 0 Å². The number of anilines is 1. The Kier molecular flexibility index (Phi) is 4.85. The van der Waals surface area contributed by atoms with Crippen LogP contribution in [0.1, 0.15) is 10.4 Å². The monoisotopic (exact) mass is 393 g/mol. The number of rotatable bonds is 4. The molecule has 0 aliphatic rings. The van der Waals surface area contributed by atoms with Crippen molar-refractivity contribution in [3.8, 4) is 11.4 Å². The highest BCUT2D eigenvalue weighted by Crippen LogP contribution is 2.23. The van der Waals surface area contributed by atoms with Crippen molar-refractivity contribution in [1.29, 1.82) is 0 Å². The Bertz CT molecular complexity index is 1010. The van der Waals surface area contributed by atoms with E-state index in [0.29, 0.717) is 27.1 Å². The van der Waals surface area contributed by atoms with Gasteiger partial charge in [0.05, 0.1) is 4.90 Å². The number of amides is 1. The fourth-order valence-electron chi connectivity index (χ4n) is 2.01. The number of hydrogen-bond donors (Lipinski definition) is 1. The second-order valence-electron chi connectivity index (χ2n) is 5.18. The third-order valence-corrected chi connectivity index (χ3v) is 5.30. The van der Waals surface area contributed by atoms with Gasteiger partial charge >= 0.3 is 0 Å². The van der Waals surface area contributed by atoms with Crippen LogP contribution in [0.4, 0.5) is 5.13 Å². The van der Waals surface area contributed by atoms with E-state index in [1.54, 1.807) is 36.4 Å². The first-order valence-corrected chi connectivity index (χ1v) is 10.1. The first kappa shape index (κ1) is 17.5. The first-order chi connectivity index (χ1) is 11.8. The van der Waals surface area contributed by atoms with Gasteiger partial charge in [0.25, 0.3) is 5.91 Å². The van der Waals surface area contributed by atoms with Crippen LogP contribution in [0.3, 0.4) is 0 Å². The van der Waals surface area contributed by atoms with Crippen molar-refractivity contribution < 1.29 is 13.2 Å². The smallest absolute Gasteiger partial charge is 0.257 e. The van der Waals surface area contributed by atoms with Crippen LogP contribution < -0.4 is 5.32 Å². The molecular formula is C16H12ClN3O3S2. The summed E-state index contributed by atoms with van der Waals surface area (Å²) in [5.74, 6) is 0.100. The third-order valence-electron chi connectivity index (χ3n) is 3.29. The summed E-state index contributed by atoms with van der Waals surface area (Å²) >= 11 is 6.84. The molecule has 0 atom stereocenters. The van der Waals surface area contributed by atoms with E-state index in [1.807, 2.05) is 0 Å². The minimum atomic E-state index is -3.25. The van der Waals surface area contributed by atoms with E-state index in [-0.39, 0.29) is 10.8 Å². The van der Waals surface area contributed by atoms with Crippen LogP contribution in [-0.2, 0) is 9.84 Å². The van der Waals surface area contributed by atoms with Gasteiger partial charge in [-0.15, -0.1) is 0 Å². The second-order valence-corrected chi connectivity index (χ2v) is 8.38. The van der Waals surface area contributed by atoms with Gasteiger partial charge in [0.2, 0.25) is 5.13 Å². The van der Waals surface area contributed by atoms with Crippen LogP contribution in [0.2, 0.25) is 5.02 Å². The molecule has 0 aliphatic heterocycles. The van der Waals surface area contributed by atoms with Crippen LogP contribution in [0.5, 0.6) is 0 Å². The zero-order valence-corrected chi connectivity index (χ0v) is 15.3. The lowest BCUT2D eigenvalue weighted by Gasteiger charge is -2.01. The predicted octanol–water partition coefficient (Wildman–Crippen LogP) is 3.51. The average molecular weight is 394 g/mol. The standard InChI is InChI=1S/C16H12ClN3O3S2/c1-25(22,23)13-8-4-10(5-9-13)14-18-16(24-20-14)19-15(21)11-2-6-12(17)7-3-11/h2-9H,1H3,(H,18,19,20,21). The molecule has 25 heavy (non-hydrogen) atoms. The van der Waals surface area contributed by atoms with E-state index in [1.165, 1.54) is 12.1 Å². The lowest BCUT2D eigenvalue weighted by Crippen LogP contribution is -2.11. The molecule has 9 heteroatoms. The molecular weight excluding hydrogens is 382 g/mol. The molecule has 0 unspecified atom stereocenters. The number of carbonyl (C=O) groups is 1. The van der Waals surface area contributed by atoms with E-state index < -0.39 is 9.84 Å². The average Bonchev–Trinajstić information content (AvgIpc) is 3.03. The number of hydrogen-bond acceptors (Lipinski definition) is 6. The highest BCUT2D eigenvalue weighted by molar-refractivity contribution is 7.90. The molecule has 1 amide bonds. The van der Waals surface area contributed by atoms with Gasteiger partial charge in [0, 0.05) is 33.9 Å². The first-order valence-electron chi connectivity index (χ1n) is 7.04. The number of sulfone groups is 1. The number of nitrogens with zero attached hydrogens (tertiary/aromatic N) is 2. The Morgan fingerprint density at radius 3 is 2.32 bits per heavy atom. The third kappa shape index (κ3) is 4.22. The molecule has 1 N–H and O–H groups in total. The van der Waals surface area contributed by atoms with Gasteiger partial charge in [0.15, 0.2) is 15.7 Å². The summed E-state index contributed by atoms with van der Waals surface area (Å²) in [6.45, 7) is 0. The summed E-state index contributed by atoms with van der Waals surface area (Å²) in [4.78, 5) is 16.6. The van der Waals surface area contributed by atoms with E-state index >= 15 is 0 Å². The van der Waals surface area contributed by atoms with Crippen molar-refractivity contribution in [3.63, 3.8) is 0 Å². The minimum absolute atomic E-state index is 0.225. The quantitative estimate of drug-likeness (QED) is 0.732. The Balaban J connectivity index is 1.76. The molecule has 128 valence electrons. The van der Waals surface area contributed by atoms with Crippen LogP contribution in [0, 0.1) is 0 Å². The van der Waals surface area contributed by atoms with Gasteiger partial charge in [-0.25, -0.2) is 8.42 Å². The Labute approximate surface area is 153 Å². The molecule has 0 fully saturated rings. The topological polar surface area (TPSA) is 89.0 Å². The van der Waals surface area contributed by atoms with Crippen molar-refractivity contribution in [1.82, 2.24) is 9.36 Å². The van der Waals surface area contributed by atoms with Crippen molar-refractivity contribution >= 4 is 44.0 Å². The van der Waals surface area contributed by atoms with Crippen molar-refractivity contribution in [2.45, 2.75) is 4.90 Å². The van der Waals surface area contributed by atoms with Gasteiger partial charge in [-0.05, 0) is 48.5 Å². The molecule has 6 nitrogen and oxygen atoms in total. The van der Waals surface area contributed by atoms with Gasteiger partial charge in [-0.2, -0.15) is 9.36 Å². The van der Waals surface area contributed by atoms with E-state index in [9.17, 15) is 13.2 Å². The van der Waals surface area contributed by atoms with Crippen molar-refractivity contribution in [2.24, 2.45) is 0 Å². The summed E-state index contributed by atoms with van der Waals surface area (Å²) in [5.41, 5.74) is 1.12. The molecule has 2 aromatic carbocycles. The van der Waals surface area contributed by atoms with Crippen molar-refractivity contribution in [2.75, 3.05) is 11.6 Å². The number of aromatic nitrogens is 2. The number of nitrogens with one attached hydrogen (secondary N) is 1. The number of carbonyl (C=O) groups excluding carboxylic acids is 1. The van der Waals surface area contributed by atoms with E-state index in [4.69, 9.17) is 11.6 Å². The summed E-state index contributed by atoms with van der Waals surface area (Å²) < 4.78 is 27.1. The molecule has 0 bridgehead atoms. The number of benzene rings is 2. The maximum absolute atomic E-state index is 12.1. The summed E-state index contributed by atoms with van der Waals surface area (Å²) in [7, 11) is -3.25. The molecule has 0 aliphatic carbocycles. The predicted molar refractivity (Wildman–Crippen MR) is 97.9 cm³/mol. The van der Waals surface area contributed by atoms with Gasteiger partial charge in [0.1, 0.15) is 0 Å². The SMILES string of the molecule is CS(=O)(=O)c1ccc(-c2nsc(NC(=O)c3ccc(Cl)cc3)n2)cc1. The lowest BCUT2D eigenvalue weighted by molar-refractivity contribution is 0.102. The maximum atomic E-state index is 12.1. The molecule has 1 aromatic heterocycles. The molecule has 1 heterocycles. The van der Waals surface area contributed by atoms with Crippen LogP contribution in [0.25, 0.3) is 11.4 Å². The fourth-order valence-corrected chi connectivity index (χ4v) is 3.35. The highest BCUT2D eigenvalue weighted by atomic mass is 35.5. The number of halogens is 1. The van der Waals surface area contributed by atoms with E-state index in [2.05, 4.69) is 14.7 Å². The largest absolute Gasteiger partial charge is 0.297 e. The Morgan fingerprint density at radius 1 is 1.08 bits per heavy atom. The maximum Gasteiger partial charge on any atom is 0.257 e. The van der Waals surface area contributed by atoms with Crippen LogP contribution in [-0.4, -0.2) is 29.9 Å². The van der Waals surface area contributed by atoms with Crippen molar-refractivity contribution in [3.05, 3.63) is 59.1 Å². The van der Waals surface area contributed by atoms with Crippen LogP contribution >= 0.6 is 23.1 Å².